The highest BCUT2D eigenvalue weighted by molar-refractivity contribution is 5.97. The lowest BCUT2D eigenvalue weighted by molar-refractivity contribution is -0.142. The second-order valence-electron chi connectivity index (χ2n) is 5.30. The smallest absolute Gasteiger partial charge is 0.434 e. The molecule has 0 atom stereocenters. The molecule has 0 bridgehead atoms. The maximum Gasteiger partial charge on any atom is 0.434 e. The van der Waals surface area contributed by atoms with Crippen molar-refractivity contribution in [1.29, 1.82) is 0 Å². The third kappa shape index (κ3) is 4.79. The number of hydrogen-bond acceptors (Lipinski definition) is 5. The molecule has 1 heterocycles. The van der Waals surface area contributed by atoms with E-state index in [-0.39, 0.29) is 6.42 Å². The van der Waals surface area contributed by atoms with Crippen LogP contribution in [0.2, 0.25) is 0 Å². The molecule has 1 N–H and O–H groups in total. The number of nitrogens with one attached hydrogen (secondary N) is 1. The van der Waals surface area contributed by atoms with E-state index in [1.165, 1.54) is 20.8 Å². The van der Waals surface area contributed by atoms with Crippen molar-refractivity contribution in [3.05, 3.63) is 22.5 Å². The first-order valence-electron chi connectivity index (χ1n) is 7.42. The van der Waals surface area contributed by atoms with E-state index in [9.17, 15) is 31.5 Å². The Morgan fingerprint density at radius 1 is 1.23 bits per heavy atom. The lowest BCUT2D eigenvalue weighted by Crippen LogP contribution is -2.25. The maximum absolute atomic E-state index is 13.3. The van der Waals surface area contributed by atoms with Crippen LogP contribution in [0.4, 0.5) is 32.4 Å². The largest absolute Gasteiger partial charge is 0.465 e. The summed E-state index contributed by atoms with van der Waals surface area (Å²) in [7, 11) is 0.836. The van der Waals surface area contributed by atoms with Crippen LogP contribution in [-0.4, -0.2) is 30.3 Å². The minimum Gasteiger partial charge on any atom is -0.465 e. The molecule has 0 aromatic carbocycles. The minimum atomic E-state index is -5.19. The number of anilines is 1. The Hall–Kier alpha value is -2.46. The first-order valence-corrected chi connectivity index (χ1v) is 7.42. The summed E-state index contributed by atoms with van der Waals surface area (Å²) in [6.45, 7) is 4.30. The number of methoxy groups -OCH3 is 1. The fourth-order valence-corrected chi connectivity index (χ4v) is 2.18. The van der Waals surface area contributed by atoms with Crippen molar-refractivity contribution in [3.8, 4) is 0 Å². The van der Waals surface area contributed by atoms with Crippen LogP contribution in [0.3, 0.4) is 0 Å². The predicted molar refractivity (Wildman–Crippen MR) is 80.2 cm³/mol. The van der Waals surface area contributed by atoms with Gasteiger partial charge in [0.05, 0.1) is 24.5 Å². The van der Waals surface area contributed by atoms with Crippen molar-refractivity contribution < 1.29 is 41.0 Å². The quantitative estimate of drug-likeness (QED) is 0.604. The van der Waals surface area contributed by atoms with E-state index in [4.69, 9.17) is 4.74 Å². The monoisotopic (exact) mass is 384 g/mol. The number of pyridine rings is 1. The van der Waals surface area contributed by atoms with Crippen LogP contribution in [0.1, 0.15) is 54.5 Å². The summed E-state index contributed by atoms with van der Waals surface area (Å²) in [4.78, 5) is 26.5. The second kappa shape index (κ2) is 8.28. The Labute approximate surface area is 145 Å². The molecule has 0 spiro atoms. The fourth-order valence-electron chi connectivity index (χ4n) is 2.18. The van der Waals surface area contributed by atoms with Gasteiger partial charge in [0.25, 0.3) is 6.43 Å². The molecule has 6 nitrogen and oxygen atoms in total. The number of ether oxygens (including phenoxy) is 2. The molecule has 0 aliphatic heterocycles. The number of amides is 1. The summed E-state index contributed by atoms with van der Waals surface area (Å²) in [6, 6.07) is 0. The molecule has 26 heavy (non-hydrogen) atoms. The van der Waals surface area contributed by atoms with E-state index in [0.29, 0.717) is 0 Å². The SMILES string of the molecule is CCc1c(NC(=O)OC(C)C)c(C(F)F)nc(C(F)(F)F)c1C(=O)OC. The van der Waals surface area contributed by atoms with E-state index >= 15 is 0 Å². The average Bonchev–Trinajstić information content (AvgIpc) is 2.50. The summed E-state index contributed by atoms with van der Waals surface area (Å²) in [5, 5.41) is 1.96. The Morgan fingerprint density at radius 3 is 2.19 bits per heavy atom. The highest BCUT2D eigenvalue weighted by Gasteiger charge is 2.42. The van der Waals surface area contributed by atoms with Gasteiger partial charge in [-0.3, -0.25) is 5.32 Å². The summed E-state index contributed by atoms with van der Waals surface area (Å²) < 4.78 is 75.4. The molecule has 1 rings (SSSR count). The Balaban J connectivity index is 3.76. The number of carbonyl (C=O) groups excluding carboxylic acids is 2. The minimum absolute atomic E-state index is 0.285. The van der Waals surface area contributed by atoms with Crippen LogP contribution < -0.4 is 5.32 Å². The molecule has 0 saturated heterocycles. The molecular formula is C15H17F5N2O4. The zero-order valence-corrected chi connectivity index (χ0v) is 14.3. The molecule has 11 heteroatoms. The van der Waals surface area contributed by atoms with Crippen molar-refractivity contribution in [1.82, 2.24) is 4.98 Å². The Bertz CT molecular complexity index is 690. The van der Waals surface area contributed by atoms with E-state index in [0.717, 1.165) is 7.11 Å². The van der Waals surface area contributed by atoms with E-state index in [2.05, 4.69) is 9.72 Å². The van der Waals surface area contributed by atoms with Gasteiger partial charge in [0.1, 0.15) is 5.69 Å². The molecule has 1 amide bonds. The number of nitrogens with zero attached hydrogens (tertiary/aromatic N) is 1. The van der Waals surface area contributed by atoms with Crippen LogP contribution in [0.5, 0.6) is 0 Å². The molecule has 0 unspecified atom stereocenters. The van der Waals surface area contributed by atoms with Crippen LogP contribution in [0, 0.1) is 0 Å². The van der Waals surface area contributed by atoms with Gasteiger partial charge in [0.2, 0.25) is 0 Å². The molecule has 0 aliphatic rings. The third-order valence-corrected chi connectivity index (χ3v) is 3.12. The van der Waals surface area contributed by atoms with Crippen LogP contribution in [0.25, 0.3) is 0 Å². The molecular weight excluding hydrogens is 367 g/mol. The zero-order valence-electron chi connectivity index (χ0n) is 14.3. The lowest BCUT2D eigenvalue weighted by atomic mass is 9.99. The number of rotatable bonds is 5. The lowest BCUT2D eigenvalue weighted by Gasteiger charge is -2.21. The number of halogens is 5. The maximum atomic E-state index is 13.3. The van der Waals surface area contributed by atoms with Crippen molar-refractivity contribution >= 4 is 17.7 Å². The molecule has 146 valence electrons. The molecule has 0 fully saturated rings. The van der Waals surface area contributed by atoms with Crippen LogP contribution >= 0.6 is 0 Å². The number of esters is 1. The summed E-state index contributed by atoms with van der Waals surface area (Å²) in [5.74, 6) is -1.41. The standard InChI is InChI=1S/C15H17F5N2O4/c1-5-7-8(13(23)25-4)11(15(18,19)20)21-10(12(16)17)9(7)22-14(24)26-6(2)3/h6,12H,5H2,1-4H3,(H,22,24). The Kier molecular flexibility index (Phi) is 6.87. The van der Waals surface area contributed by atoms with E-state index < -0.39 is 59.0 Å². The average molecular weight is 384 g/mol. The van der Waals surface area contributed by atoms with Crippen molar-refractivity contribution in [3.63, 3.8) is 0 Å². The summed E-state index contributed by atoms with van der Waals surface area (Å²) in [6.07, 6.45) is -10.7. The summed E-state index contributed by atoms with van der Waals surface area (Å²) in [5.41, 5.74) is -5.34. The van der Waals surface area contributed by atoms with Gasteiger partial charge in [-0.05, 0) is 25.8 Å². The third-order valence-electron chi connectivity index (χ3n) is 3.12. The van der Waals surface area contributed by atoms with Crippen LogP contribution in [0.15, 0.2) is 0 Å². The number of hydrogen-bond donors (Lipinski definition) is 1. The van der Waals surface area contributed by atoms with Gasteiger partial charge in [-0.15, -0.1) is 0 Å². The number of carbonyl (C=O) groups is 2. The van der Waals surface area contributed by atoms with Gasteiger partial charge < -0.3 is 9.47 Å². The number of aromatic nitrogens is 1. The second-order valence-corrected chi connectivity index (χ2v) is 5.30. The summed E-state index contributed by atoms with van der Waals surface area (Å²) >= 11 is 0. The van der Waals surface area contributed by atoms with Gasteiger partial charge in [-0.1, -0.05) is 6.92 Å². The highest BCUT2D eigenvalue weighted by Crippen LogP contribution is 2.39. The van der Waals surface area contributed by atoms with Gasteiger partial charge in [0.15, 0.2) is 5.69 Å². The van der Waals surface area contributed by atoms with E-state index in [1.807, 2.05) is 5.32 Å². The van der Waals surface area contributed by atoms with Crippen molar-refractivity contribution in [2.75, 3.05) is 12.4 Å². The van der Waals surface area contributed by atoms with Gasteiger partial charge in [-0.25, -0.2) is 23.4 Å². The first kappa shape index (κ1) is 21.6. The van der Waals surface area contributed by atoms with Crippen molar-refractivity contribution in [2.24, 2.45) is 0 Å². The first-order chi connectivity index (χ1) is 11.9. The zero-order chi connectivity index (χ0) is 20.2. The molecule has 1 aromatic heterocycles. The number of alkyl halides is 5. The molecule has 0 aliphatic carbocycles. The Morgan fingerprint density at radius 2 is 1.81 bits per heavy atom. The van der Waals surface area contributed by atoms with Gasteiger partial charge >= 0.3 is 18.2 Å². The predicted octanol–water partition coefficient (Wildman–Crippen LogP) is 4.34. The van der Waals surface area contributed by atoms with Crippen molar-refractivity contribution in [2.45, 2.75) is 45.9 Å². The topological polar surface area (TPSA) is 77.5 Å². The molecule has 1 aromatic rings. The fraction of sp³-hybridized carbons (Fsp3) is 0.533. The normalized spacial score (nSPS) is 11.7. The van der Waals surface area contributed by atoms with Gasteiger partial charge in [0, 0.05) is 0 Å². The van der Waals surface area contributed by atoms with Gasteiger partial charge in [-0.2, -0.15) is 13.2 Å². The van der Waals surface area contributed by atoms with Crippen LogP contribution in [-0.2, 0) is 22.1 Å². The highest BCUT2D eigenvalue weighted by atomic mass is 19.4. The molecule has 0 saturated carbocycles. The molecule has 0 radical (unpaired) electrons. The van der Waals surface area contributed by atoms with E-state index in [1.54, 1.807) is 0 Å².